The van der Waals surface area contributed by atoms with Crippen LogP contribution in [0, 0.1) is 5.92 Å². The van der Waals surface area contributed by atoms with E-state index in [2.05, 4.69) is 12.2 Å². The Morgan fingerprint density at radius 3 is 2.75 bits per heavy atom. The molecule has 1 aliphatic carbocycles. The Bertz CT molecular complexity index is 221. The second-order valence-electron chi connectivity index (χ2n) is 3.68. The van der Waals surface area contributed by atoms with Gasteiger partial charge in [-0.3, -0.25) is 10.1 Å². The lowest BCUT2D eigenvalue weighted by Crippen LogP contribution is -2.54. The Morgan fingerprint density at radius 1 is 1.75 bits per heavy atom. The van der Waals surface area contributed by atoms with Crippen LogP contribution in [0.3, 0.4) is 0 Å². The van der Waals surface area contributed by atoms with Crippen molar-refractivity contribution in [2.75, 3.05) is 5.75 Å². The minimum absolute atomic E-state index is 0.114. The van der Waals surface area contributed by atoms with E-state index in [1.165, 1.54) is 6.42 Å². The summed E-state index contributed by atoms with van der Waals surface area (Å²) >= 11 is 1.78. The molecule has 0 aromatic rings. The van der Waals surface area contributed by atoms with Gasteiger partial charge in [0.15, 0.2) is 0 Å². The molecule has 2 N–H and O–H groups in total. The Kier molecular flexibility index (Phi) is 1.84. The molecule has 3 atom stereocenters. The molecule has 68 valence electrons. The van der Waals surface area contributed by atoms with Crippen molar-refractivity contribution in [3.8, 4) is 0 Å². The molecule has 2 fully saturated rings. The van der Waals surface area contributed by atoms with Gasteiger partial charge < -0.3 is 5.11 Å². The van der Waals surface area contributed by atoms with Crippen LogP contribution in [0.15, 0.2) is 0 Å². The normalized spacial score (nSPS) is 46.1. The van der Waals surface area contributed by atoms with Gasteiger partial charge in [0.25, 0.3) is 0 Å². The maximum absolute atomic E-state index is 10.7. The van der Waals surface area contributed by atoms with Crippen molar-refractivity contribution in [3.63, 3.8) is 0 Å². The molecule has 0 aromatic carbocycles. The van der Waals surface area contributed by atoms with E-state index in [0.29, 0.717) is 5.92 Å². The topological polar surface area (TPSA) is 49.3 Å². The molecule has 2 rings (SSSR count). The fraction of sp³-hybridized carbons (Fsp3) is 0.875. The minimum Gasteiger partial charge on any atom is -0.480 e. The first kappa shape index (κ1) is 8.38. The molecule has 0 amide bonds. The second kappa shape index (κ2) is 2.64. The van der Waals surface area contributed by atoms with E-state index in [4.69, 9.17) is 5.11 Å². The molecular formula is C8H13NO2S. The smallest absolute Gasteiger partial charge is 0.321 e. The van der Waals surface area contributed by atoms with Gasteiger partial charge in [0.1, 0.15) is 6.04 Å². The van der Waals surface area contributed by atoms with E-state index >= 15 is 0 Å². The molecule has 0 radical (unpaired) electrons. The van der Waals surface area contributed by atoms with Crippen molar-refractivity contribution in [3.05, 3.63) is 0 Å². The minimum atomic E-state index is -0.710. The molecule has 2 aliphatic rings. The fourth-order valence-electron chi connectivity index (χ4n) is 1.87. The fourth-order valence-corrected chi connectivity index (χ4v) is 3.45. The average molecular weight is 187 g/mol. The zero-order chi connectivity index (χ0) is 8.77. The molecule has 3 nitrogen and oxygen atoms in total. The van der Waals surface area contributed by atoms with E-state index in [1.54, 1.807) is 11.8 Å². The first-order valence-electron chi connectivity index (χ1n) is 4.28. The summed E-state index contributed by atoms with van der Waals surface area (Å²) in [5.74, 6) is 0.643. The summed E-state index contributed by atoms with van der Waals surface area (Å²) in [4.78, 5) is 10.8. The second-order valence-corrected chi connectivity index (χ2v) is 5.03. The number of carboxylic acid groups (broad SMARTS) is 1. The van der Waals surface area contributed by atoms with Gasteiger partial charge in [0.2, 0.25) is 0 Å². The number of rotatable bonds is 1. The third-order valence-corrected chi connectivity index (χ3v) is 4.71. The van der Waals surface area contributed by atoms with Gasteiger partial charge >= 0.3 is 5.97 Å². The highest BCUT2D eigenvalue weighted by Gasteiger charge is 2.50. The van der Waals surface area contributed by atoms with Gasteiger partial charge in [-0.15, -0.1) is 11.8 Å². The van der Waals surface area contributed by atoms with Crippen molar-refractivity contribution in [2.24, 2.45) is 5.92 Å². The summed E-state index contributed by atoms with van der Waals surface area (Å²) in [5.41, 5.74) is 0. The number of hydrogen-bond acceptors (Lipinski definition) is 3. The largest absolute Gasteiger partial charge is 0.480 e. The SMILES string of the molecule is CC1CCC12N[C@@H](C(=O)O)CS2. The molecule has 1 saturated heterocycles. The van der Waals surface area contributed by atoms with Crippen molar-refractivity contribution >= 4 is 17.7 Å². The molecule has 1 spiro atoms. The molecule has 1 aliphatic heterocycles. The van der Waals surface area contributed by atoms with E-state index in [0.717, 1.165) is 12.2 Å². The molecule has 0 aromatic heterocycles. The van der Waals surface area contributed by atoms with Crippen LogP contribution in [0.2, 0.25) is 0 Å². The van der Waals surface area contributed by atoms with E-state index in [1.807, 2.05) is 0 Å². The van der Waals surface area contributed by atoms with E-state index in [9.17, 15) is 4.79 Å². The standard InChI is InChI=1S/C8H13NO2S/c1-5-2-3-8(5)9-6(4-12-8)7(10)11/h5-6,9H,2-4H2,1H3,(H,10,11)/t5?,6-,8?/m1/s1. The first-order valence-corrected chi connectivity index (χ1v) is 5.27. The summed E-state index contributed by atoms with van der Waals surface area (Å²) in [6.07, 6.45) is 2.36. The van der Waals surface area contributed by atoms with Crippen LogP contribution in [0.4, 0.5) is 0 Å². The zero-order valence-electron chi connectivity index (χ0n) is 7.04. The Morgan fingerprint density at radius 2 is 2.50 bits per heavy atom. The molecular weight excluding hydrogens is 174 g/mol. The summed E-state index contributed by atoms with van der Waals surface area (Å²) in [6, 6.07) is -0.322. The van der Waals surface area contributed by atoms with Crippen molar-refractivity contribution in [1.29, 1.82) is 0 Å². The monoisotopic (exact) mass is 187 g/mol. The lowest BCUT2D eigenvalue weighted by atomic mass is 9.80. The predicted molar refractivity (Wildman–Crippen MR) is 48.1 cm³/mol. The quantitative estimate of drug-likeness (QED) is 0.640. The molecule has 1 heterocycles. The molecule has 4 heteroatoms. The van der Waals surface area contributed by atoms with Crippen LogP contribution in [-0.4, -0.2) is 27.7 Å². The van der Waals surface area contributed by atoms with Gasteiger partial charge in [0.05, 0.1) is 4.87 Å². The Hall–Kier alpha value is -0.220. The van der Waals surface area contributed by atoms with Crippen molar-refractivity contribution < 1.29 is 9.90 Å². The summed E-state index contributed by atoms with van der Waals surface area (Å²) in [5, 5.41) is 12.0. The van der Waals surface area contributed by atoms with E-state index < -0.39 is 5.97 Å². The maximum atomic E-state index is 10.7. The molecule has 12 heavy (non-hydrogen) atoms. The summed E-state index contributed by atoms with van der Waals surface area (Å²) in [6.45, 7) is 2.19. The van der Waals surface area contributed by atoms with Crippen LogP contribution in [0.5, 0.6) is 0 Å². The highest BCUT2D eigenvalue weighted by atomic mass is 32.2. The predicted octanol–water partition coefficient (Wildman–Crippen LogP) is 0.902. The van der Waals surface area contributed by atoms with Gasteiger partial charge in [0, 0.05) is 5.75 Å². The highest BCUT2D eigenvalue weighted by molar-refractivity contribution is 8.01. The van der Waals surface area contributed by atoms with Crippen molar-refractivity contribution in [1.82, 2.24) is 5.32 Å². The van der Waals surface area contributed by atoms with Crippen LogP contribution in [-0.2, 0) is 4.79 Å². The Balaban J connectivity index is 2.02. The van der Waals surface area contributed by atoms with Gasteiger partial charge in [-0.25, -0.2) is 0 Å². The van der Waals surface area contributed by atoms with Gasteiger partial charge in [-0.1, -0.05) is 6.92 Å². The average Bonchev–Trinajstić information content (AvgIpc) is 2.48. The molecule has 2 unspecified atom stereocenters. The number of aliphatic carboxylic acids is 1. The summed E-state index contributed by atoms with van der Waals surface area (Å²) < 4.78 is 0. The van der Waals surface area contributed by atoms with Crippen LogP contribution in [0.1, 0.15) is 19.8 Å². The van der Waals surface area contributed by atoms with Gasteiger partial charge in [-0.05, 0) is 18.8 Å². The van der Waals surface area contributed by atoms with Crippen LogP contribution < -0.4 is 5.32 Å². The lowest BCUT2D eigenvalue weighted by Gasteiger charge is -2.44. The third kappa shape index (κ3) is 1.05. The van der Waals surface area contributed by atoms with Crippen LogP contribution in [0.25, 0.3) is 0 Å². The molecule has 1 saturated carbocycles. The lowest BCUT2D eigenvalue weighted by molar-refractivity contribution is -0.139. The number of hydrogen-bond donors (Lipinski definition) is 2. The first-order chi connectivity index (χ1) is 5.64. The number of nitrogens with one attached hydrogen (secondary N) is 1. The van der Waals surface area contributed by atoms with Crippen LogP contribution >= 0.6 is 11.8 Å². The van der Waals surface area contributed by atoms with E-state index in [-0.39, 0.29) is 10.9 Å². The number of thioether (sulfide) groups is 1. The van der Waals surface area contributed by atoms with Crippen molar-refractivity contribution in [2.45, 2.75) is 30.7 Å². The van der Waals surface area contributed by atoms with Gasteiger partial charge in [-0.2, -0.15) is 0 Å². The Labute approximate surface area is 75.9 Å². The zero-order valence-corrected chi connectivity index (χ0v) is 7.86. The highest BCUT2D eigenvalue weighted by Crippen LogP contribution is 2.50. The number of carboxylic acids is 1. The third-order valence-electron chi connectivity index (χ3n) is 2.97. The number of carbonyl (C=O) groups is 1. The molecule has 0 bridgehead atoms. The summed E-state index contributed by atoms with van der Waals surface area (Å²) in [7, 11) is 0. The maximum Gasteiger partial charge on any atom is 0.321 e.